The van der Waals surface area contributed by atoms with Crippen LogP contribution in [0.2, 0.25) is 0 Å². The summed E-state index contributed by atoms with van der Waals surface area (Å²) in [5.41, 5.74) is 1.46. The second-order valence-electron chi connectivity index (χ2n) is 4.67. The number of ether oxygens (including phenoxy) is 1. The minimum absolute atomic E-state index is 0.268. The van der Waals surface area contributed by atoms with Gasteiger partial charge in [-0.2, -0.15) is 0 Å². The van der Waals surface area contributed by atoms with Crippen molar-refractivity contribution >= 4 is 0 Å². The first-order valence-electron chi connectivity index (χ1n) is 4.89. The molecule has 0 saturated heterocycles. The molecule has 0 radical (unpaired) electrons. The van der Waals surface area contributed by atoms with E-state index in [2.05, 4.69) is 25.7 Å². The van der Waals surface area contributed by atoms with Crippen LogP contribution in [0.5, 0.6) is 0 Å². The van der Waals surface area contributed by atoms with Crippen molar-refractivity contribution in [2.24, 2.45) is 5.41 Å². The maximum absolute atomic E-state index is 5.38. The number of hydrogen-bond donors (Lipinski definition) is 1. The molecule has 0 amide bonds. The Morgan fingerprint density at radius 1 is 1.62 bits per heavy atom. The molecule has 0 aromatic heterocycles. The maximum atomic E-state index is 5.38. The van der Waals surface area contributed by atoms with E-state index in [1.54, 1.807) is 7.11 Å². The fraction of sp³-hybridized carbons (Fsp3) is 0.818. The summed E-state index contributed by atoms with van der Waals surface area (Å²) in [4.78, 5) is 0. The first kappa shape index (κ1) is 10.7. The average Bonchev–Trinajstić information content (AvgIpc) is 2.02. The molecule has 1 saturated carbocycles. The van der Waals surface area contributed by atoms with E-state index in [9.17, 15) is 0 Å². The van der Waals surface area contributed by atoms with E-state index in [4.69, 9.17) is 4.74 Å². The van der Waals surface area contributed by atoms with E-state index in [1.165, 1.54) is 5.57 Å². The summed E-state index contributed by atoms with van der Waals surface area (Å²) in [6.07, 6.45) is 1.53. The highest BCUT2D eigenvalue weighted by atomic mass is 16.5. The highest BCUT2D eigenvalue weighted by Gasteiger charge is 2.47. The summed E-state index contributed by atoms with van der Waals surface area (Å²) in [7, 11) is 1.79. The van der Waals surface area contributed by atoms with Crippen LogP contribution in [0.3, 0.4) is 0 Å². The Morgan fingerprint density at radius 2 is 2.23 bits per heavy atom. The SMILES string of the molecule is C=C(C)CNC1CC(OC)C1(C)C. The van der Waals surface area contributed by atoms with Crippen molar-refractivity contribution in [3.63, 3.8) is 0 Å². The van der Waals surface area contributed by atoms with Gasteiger partial charge in [-0.05, 0) is 13.3 Å². The largest absolute Gasteiger partial charge is 0.381 e. The van der Waals surface area contributed by atoms with Gasteiger partial charge in [0.1, 0.15) is 0 Å². The van der Waals surface area contributed by atoms with Gasteiger partial charge in [-0.25, -0.2) is 0 Å². The van der Waals surface area contributed by atoms with Crippen molar-refractivity contribution in [3.8, 4) is 0 Å². The monoisotopic (exact) mass is 183 g/mol. The molecule has 2 heteroatoms. The van der Waals surface area contributed by atoms with Crippen LogP contribution in [0.15, 0.2) is 12.2 Å². The maximum Gasteiger partial charge on any atom is 0.0652 e. The molecule has 1 N–H and O–H groups in total. The zero-order valence-corrected chi connectivity index (χ0v) is 9.18. The molecular formula is C11H21NO. The van der Waals surface area contributed by atoms with Gasteiger partial charge in [0.05, 0.1) is 6.10 Å². The second kappa shape index (κ2) is 3.81. The fourth-order valence-corrected chi connectivity index (χ4v) is 1.93. The van der Waals surface area contributed by atoms with Gasteiger partial charge in [0.15, 0.2) is 0 Å². The van der Waals surface area contributed by atoms with Crippen LogP contribution in [-0.2, 0) is 4.74 Å². The molecule has 1 rings (SSSR count). The first-order valence-corrected chi connectivity index (χ1v) is 4.89. The van der Waals surface area contributed by atoms with Gasteiger partial charge >= 0.3 is 0 Å². The third-order valence-electron chi connectivity index (χ3n) is 3.11. The number of rotatable bonds is 4. The Kier molecular flexibility index (Phi) is 3.14. The van der Waals surface area contributed by atoms with E-state index >= 15 is 0 Å². The summed E-state index contributed by atoms with van der Waals surface area (Å²) in [5, 5.41) is 3.49. The molecule has 1 fully saturated rings. The normalized spacial score (nSPS) is 31.1. The smallest absolute Gasteiger partial charge is 0.0652 e. The van der Waals surface area contributed by atoms with Gasteiger partial charge in [0.2, 0.25) is 0 Å². The van der Waals surface area contributed by atoms with Crippen LogP contribution >= 0.6 is 0 Å². The Balaban J connectivity index is 2.35. The van der Waals surface area contributed by atoms with Crippen molar-refractivity contribution < 1.29 is 4.74 Å². The lowest BCUT2D eigenvalue weighted by Gasteiger charge is -2.51. The highest BCUT2D eigenvalue weighted by molar-refractivity contribution is 5.04. The summed E-state index contributed by atoms with van der Waals surface area (Å²) in [6.45, 7) is 11.3. The zero-order chi connectivity index (χ0) is 10.1. The van der Waals surface area contributed by atoms with E-state index in [-0.39, 0.29) is 5.41 Å². The van der Waals surface area contributed by atoms with E-state index < -0.39 is 0 Å². The summed E-state index contributed by atoms with van der Waals surface area (Å²) < 4.78 is 5.38. The molecule has 0 aliphatic heterocycles. The van der Waals surface area contributed by atoms with Gasteiger partial charge in [0.25, 0.3) is 0 Å². The highest BCUT2D eigenvalue weighted by Crippen LogP contribution is 2.42. The van der Waals surface area contributed by atoms with Crippen molar-refractivity contribution in [1.82, 2.24) is 5.32 Å². The van der Waals surface area contributed by atoms with Crippen molar-refractivity contribution in [3.05, 3.63) is 12.2 Å². The molecule has 0 aromatic carbocycles. The topological polar surface area (TPSA) is 21.3 Å². The van der Waals surface area contributed by atoms with Crippen molar-refractivity contribution in [2.75, 3.05) is 13.7 Å². The first-order chi connectivity index (χ1) is 5.98. The van der Waals surface area contributed by atoms with Crippen LogP contribution < -0.4 is 5.32 Å². The molecule has 0 aromatic rings. The number of nitrogens with one attached hydrogen (secondary N) is 1. The molecule has 76 valence electrons. The fourth-order valence-electron chi connectivity index (χ4n) is 1.93. The lowest BCUT2D eigenvalue weighted by atomic mass is 9.64. The van der Waals surface area contributed by atoms with Crippen LogP contribution in [0.4, 0.5) is 0 Å². The third kappa shape index (κ3) is 2.12. The minimum atomic E-state index is 0.268. The average molecular weight is 183 g/mol. The molecule has 1 aliphatic carbocycles. The molecule has 1 aliphatic rings. The molecule has 2 unspecified atom stereocenters. The molecule has 0 bridgehead atoms. The Hall–Kier alpha value is -0.340. The standard InChI is InChI=1S/C11H21NO/c1-8(2)7-12-9-6-10(13-5)11(9,3)4/h9-10,12H,1,6-7H2,2-5H3. The van der Waals surface area contributed by atoms with E-state index in [0.29, 0.717) is 12.1 Å². The summed E-state index contributed by atoms with van der Waals surface area (Å²) in [6, 6.07) is 0.578. The summed E-state index contributed by atoms with van der Waals surface area (Å²) >= 11 is 0. The molecule has 2 nitrogen and oxygen atoms in total. The molecular weight excluding hydrogens is 162 g/mol. The molecule has 2 atom stereocenters. The zero-order valence-electron chi connectivity index (χ0n) is 9.18. The molecule has 0 heterocycles. The molecule has 0 spiro atoms. The predicted octanol–water partition coefficient (Wildman–Crippen LogP) is 1.97. The van der Waals surface area contributed by atoms with Crippen LogP contribution in [0, 0.1) is 5.41 Å². The Labute approximate surface area is 81.4 Å². The lowest BCUT2D eigenvalue weighted by Crippen LogP contribution is -2.60. The third-order valence-corrected chi connectivity index (χ3v) is 3.11. The minimum Gasteiger partial charge on any atom is -0.381 e. The second-order valence-corrected chi connectivity index (χ2v) is 4.67. The van der Waals surface area contributed by atoms with Gasteiger partial charge in [-0.15, -0.1) is 0 Å². The predicted molar refractivity (Wildman–Crippen MR) is 55.8 cm³/mol. The number of hydrogen-bond acceptors (Lipinski definition) is 2. The quantitative estimate of drug-likeness (QED) is 0.673. The van der Waals surface area contributed by atoms with Gasteiger partial charge in [-0.1, -0.05) is 26.0 Å². The van der Waals surface area contributed by atoms with Crippen molar-refractivity contribution in [1.29, 1.82) is 0 Å². The Morgan fingerprint density at radius 3 is 2.62 bits per heavy atom. The van der Waals surface area contributed by atoms with Crippen LogP contribution in [-0.4, -0.2) is 25.8 Å². The summed E-state index contributed by atoms with van der Waals surface area (Å²) in [5.74, 6) is 0. The van der Waals surface area contributed by atoms with Crippen molar-refractivity contribution in [2.45, 2.75) is 39.3 Å². The van der Waals surface area contributed by atoms with E-state index in [0.717, 1.165) is 13.0 Å². The van der Waals surface area contributed by atoms with Gasteiger partial charge < -0.3 is 10.1 Å². The lowest BCUT2D eigenvalue weighted by molar-refractivity contribution is -0.0965. The van der Waals surface area contributed by atoms with Crippen LogP contribution in [0.25, 0.3) is 0 Å². The van der Waals surface area contributed by atoms with Gasteiger partial charge in [-0.3, -0.25) is 0 Å². The van der Waals surface area contributed by atoms with Gasteiger partial charge in [0, 0.05) is 25.1 Å². The number of methoxy groups -OCH3 is 1. The Bertz CT molecular complexity index is 198. The van der Waals surface area contributed by atoms with E-state index in [1.807, 2.05) is 6.92 Å². The molecule has 13 heavy (non-hydrogen) atoms. The van der Waals surface area contributed by atoms with Crippen LogP contribution in [0.1, 0.15) is 27.2 Å².